The molecule has 74 valence electrons. The summed E-state index contributed by atoms with van der Waals surface area (Å²) in [7, 11) is 1.64. The normalized spacial score (nSPS) is 25.7. The van der Waals surface area contributed by atoms with Crippen molar-refractivity contribution in [1.82, 2.24) is 0 Å². The largest absolute Gasteiger partial charge is 0.497 e. The third-order valence-corrected chi connectivity index (χ3v) is 3.17. The highest BCUT2D eigenvalue weighted by molar-refractivity contribution is 5.95. The number of carbonyl (C=O) groups excluding carboxylic acids is 1. The molecule has 0 aromatic heterocycles. The summed E-state index contributed by atoms with van der Waals surface area (Å²) in [6.45, 7) is 2.01. The molecule has 2 heteroatoms. The average Bonchev–Trinajstić information content (AvgIpc) is 2.26. The lowest BCUT2D eigenvalue weighted by Gasteiger charge is -2.37. The Kier molecular flexibility index (Phi) is 2.06. The molecule has 0 heterocycles. The van der Waals surface area contributed by atoms with E-state index < -0.39 is 0 Å². The number of ketones is 1. The molecule has 0 spiro atoms. The zero-order valence-electron chi connectivity index (χ0n) is 8.54. The van der Waals surface area contributed by atoms with Crippen LogP contribution >= 0.6 is 0 Å². The second kappa shape index (κ2) is 3.12. The summed E-state index contributed by atoms with van der Waals surface area (Å²) in [5.41, 5.74) is 0.822. The van der Waals surface area contributed by atoms with E-state index in [9.17, 15) is 4.79 Å². The lowest BCUT2D eigenvalue weighted by atomic mass is 9.65. The van der Waals surface area contributed by atoms with Crippen LogP contribution in [-0.4, -0.2) is 12.9 Å². The summed E-state index contributed by atoms with van der Waals surface area (Å²) in [5, 5.41) is 0. The molecule has 0 saturated heterocycles. The van der Waals surface area contributed by atoms with Gasteiger partial charge in [-0.15, -0.1) is 0 Å². The molecule has 0 radical (unpaired) electrons. The van der Waals surface area contributed by atoms with Crippen LogP contribution in [0, 0.1) is 0 Å². The first kappa shape index (κ1) is 9.25. The Morgan fingerprint density at radius 1 is 1.43 bits per heavy atom. The van der Waals surface area contributed by atoms with Crippen LogP contribution in [0.4, 0.5) is 0 Å². The summed E-state index contributed by atoms with van der Waals surface area (Å²) in [4.78, 5) is 11.5. The van der Waals surface area contributed by atoms with Crippen LogP contribution in [0.1, 0.15) is 25.3 Å². The summed E-state index contributed by atoms with van der Waals surface area (Å²) in [6, 6.07) is 7.79. The molecule has 2 rings (SSSR count). The van der Waals surface area contributed by atoms with Crippen LogP contribution < -0.4 is 4.74 Å². The van der Waals surface area contributed by atoms with Crippen LogP contribution in [-0.2, 0) is 10.2 Å². The molecule has 1 aliphatic rings. The average molecular weight is 190 g/mol. The van der Waals surface area contributed by atoms with Crippen molar-refractivity contribution in [3.8, 4) is 5.75 Å². The second-order valence-corrected chi connectivity index (χ2v) is 3.99. The van der Waals surface area contributed by atoms with Gasteiger partial charge in [0.15, 0.2) is 0 Å². The van der Waals surface area contributed by atoms with Crippen molar-refractivity contribution in [3.05, 3.63) is 29.8 Å². The number of rotatable bonds is 2. The first-order valence-electron chi connectivity index (χ1n) is 4.84. The number of carbonyl (C=O) groups is 1. The predicted molar refractivity (Wildman–Crippen MR) is 54.6 cm³/mol. The van der Waals surface area contributed by atoms with Crippen molar-refractivity contribution in [2.75, 3.05) is 7.11 Å². The Morgan fingerprint density at radius 3 is 2.71 bits per heavy atom. The van der Waals surface area contributed by atoms with Crippen LogP contribution in [0.15, 0.2) is 24.3 Å². The van der Waals surface area contributed by atoms with Crippen molar-refractivity contribution < 1.29 is 9.53 Å². The molecule has 1 aromatic rings. The molecule has 1 atom stereocenters. The third kappa shape index (κ3) is 1.22. The van der Waals surface area contributed by atoms with E-state index in [0.29, 0.717) is 12.2 Å². The maximum atomic E-state index is 11.5. The van der Waals surface area contributed by atoms with Gasteiger partial charge in [-0.25, -0.2) is 0 Å². The topological polar surface area (TPSA) is 26.3 Å². The minimum atomic E-state index is -0.255. The number of ether oxygens (including phenoxy) is 1. The third-order valence-electron chi connectivity index (χ3n) is 3.17. The zero-order valence-corrected chi connectivity index (χ0v) is 8.54. The van der Waals surface area contributed by atoms with Gasteiger partial charge in [0.2, 0.25) is 0 Å². The van der Waals surface area contributed by atoms with Gasteiger partial charge in [-0.2, -0.15) is 0 Å². The van der Waals surface area contributed by atoms with E-state index in [-0.39, 0.29) is 5.41 Å². The van der Waals surface area contributed by atoms with Gasteiger partial charge >= 0.3 is 0 Å². The Bertz CT molecular complexity index is 370. The van der Waals surface area contributed by atoms with Gasteiger partial charge in [0.05, 0.1) is 12.5 Å². The second-order valence-electron chi connectivity index (χ2n) is 3.99. The Hall–Kier alpha value is -1.31. The van der Waals surface area contributed by atoms with Crippen molar-refractivity contribution in [2.24, 2.45) is 0 Å². The smallest absolute Gasteiger partial charge is 0.143 e. The van der Waals surface area contributed by atoms with Gasteiger partial charge in [0, 0.05) is 6.42 Å². The Morgan fingerprint density at radius 2 is 2.21 bits per heavy atom. The van der Waals surface area contributed by atoms with Crippen LogP contribution in [0.25, 0.3) is 0 Å². The Balaban J connectivity index is 2.36. The summed E-state index contributed by atoms with van der Waals surface area (Å²) in [6.07, 6.45) is 1.67. The lowest BCUT2D eigenvalue weighted by Crippen LogP contribution is -2.41. The van der Waals surface area contributed by atoms with Crippen LogP contribution in [0.5, 0.6) is 5.75 Å². The van der Waals surface area contributed by atoms with E-state index in [1.807, 2.05) is 31.2 Å². The van der Waals surface area contributed by atoms with Gasteiger partial charge < -0.3 is 4.74 Å². The number of methoxy groups -OCH3 is 1. The maximum Gasteiger partial charge on any atom is 0.143 e. The summed E-state index contributed by atoms with van der Waals surface area (Å²) >= 11 is 0. The molecular formula is C12H14O2. The van der Waals surface area contributed by atoms with Crippen LogP contribution in [0.3, 0.4) is 0 Å². The van der Waals surface area contributed by atoms with Crippen molar-refractivity contribution >= 4 is 5.78 Å². The number of hydrogen-bond donors (Lipinski definition) is 0. The molecular weight excluding hydrogens is 176 g/mol. The minimum Gasteiger partial charge on any atom is -0.497 e. The molecule has 1 aromatic carbocycles. The van der Waals surface area contributed by atoms with Gasteiger partial charge in [-0.05, 0) is 31.0 Å². The van der Waals surface area contributed by atoms with E-state index in [4.69, 9.17) is 4.74 Å². The highest BCUT2D eigenvalue weighted by Gasteiger charge is 2.42. The standard InChI is InChI=1S/C12H14O2/c1-12(7-6-11(12)13)9-4-3-5-10(8-9)14-2/h3-5,8H,6-7H2,1-2H3. The molecule has 2 nitrogen and oxygen atoms in total. The molecule has 0 amide bonds. The van der Waals surface area contributed by atoms with Gasteiger partial charge in [-0.1, -0.05) is 12.1 Å². The fourth-order valence-electron chi connectivity index (χ4n) is 1.87. The first-order valence-corrected chi connectivity index (χ1v) is 4.84. The number of hydrogen-bond acceptors (Lipinski definition) is 2. The van der Waals surface area contributed by atoms with Gasteiger partial charge in [-0.3, -0.25) is 4.79 Å². The Labute approximate surface area is 83.9 Å². The predicted octanol–water partition coefficient (Wildman–Crippen LogP) is 2.32. The SMILES string of the molecule is COc1cccc(C2(C)CCC2=O)c1. The molecule has 0 N–H and O–H groups in total. The summed E-state index contributed by atoms with van der Waals surface area (Å²) in [5.74, 6) is 1.16. The molecule has 14 heavy (non-hydrogen) atoms. The van der Waals surface area contributed by atoms with E-state index in [2.05, 4.69) is 0 Å². The van der Waals surface area contributed by atoms with Gasteiger partial charge in [0.1, 0.15) is 11.5 Å². The van der Waals surface area contributed by atoms with Gasteiger partial charge in [0.25, 0.3) is 0 Å². The highest BCUT2D eigenvalue weighted by atomic mass is 16.5. The number of benzene rings is 1. The molecule has 1 fully saturated rings. The van der Waals surface area contributed by atoms with E-state index in [1.165, 1.54) is 0 Å². The zero-order chi connectivity index (χ0) is 10.2. The fourth-order valence-corrected chi connectivity index (χ4v) is 1.87. The van der Waals surface area contributed by atoms with E-state index >= 15 is 0 Å². The van der Waals surface area contributed by atoms with Crippen molar-refractivity contribution in [2.45, 2.75) is 25.2 Å². The summed E-state index contributed by atoms with van der Waals surface area (Å²) < 4.78 is 5.14. The fraction of sp³-hybridized carbons (Fsp3) is 0.417. The van der Waals surface area contributed by atoms with E-state index in [1.54, 1.807) is 7.11 Å². The molecule has 0 bridgehead atoms. The molecule has 0 aliphatic heterocycles. The highest BCUT2D eigenvalue weighted by Crippen LogP contribution is 2.40. The molecule has 1 unspecified atom stereocenters. The number of Topliss-reactive ketones (excluding diaryl/α,β-unsaturated/α-hetero) is 1. The first-order chi connectivity index (χ1) is 6.66. The van der Waals surface area contributed by atoms with Crippen molar-refractivity contribution in [1.29, 1.82) is 0 Å². The lowest BCUT2D eigenvalue weighted by molar-refractivity contribution is -0.130. The maximum absolute atomic E-state index is 11.5. The van der Waals surface area contributed by atoms with E-state index in [0.717, 1.165) is 17.7 Å². The minimum absolute atomic E-state index is 0.255. The monoisotopic (exact) mass is 190 g/mol. The molecule has 1 aliphatic carbocycles. The van der Waals surface area contributed by atoms with Crippen LogP contribution in [0.2, 0.25) is 0 Å². The molecule has 1 saturated carbocycles. The quantitative estimate of drug-likeness (QED) is 0.715. The van der Waals surface area contributed by atoms with Crippen molar-refractivity contribution in [3.63, 3.8) is 0 Å².